The molecular weight excluding hydrogens is 167 g/mol. The third-order valence-electron chi connectivity index (χ3n) is 0.721. The van der Waals surface area contributed by atoms with Crippen LogP contribution in [0.25, 0.3) is 0 Å². The van der Waals surface area contributed by atoms with Crippen LogP contribution in [0.2, 0.25) is 0 Å². The van der Waals surface area contributed by atoms with Gasteiger partial charge in [0.2, 0.25) is 0 Å². The summed E-state index contributed by atoms with van der Waals surface area (Å²) in [7, 11) is -4.19. The molecule has 0 aliphatic carbocycles. The van der Waals surface area contributed by atoms with E-state index in [0.29, 0.717) is 0 Å². The van der Waals surface area contributed by atoms with E-state index in [1.807, 2.05) is 0 Å². The van der Waals surface area contributed by atoms with Crippen molar-refractivity contribution < 1.29 is 42.5 Å². The smallest absolute Gasteiger partial charge is 0.748 e. The molecule has 0 fully saturated rings. The van der Waals surface area contributed by atoms with E-state index in [1.54, 1.807) is 0 Å². The number of rotatable bonds is 3. The van der Waals surface area contributed by atoms with E-state index < -0.39 is 21.9 Å². The third-order valence-corrected chi connectivity index (χ3v) is 1.56. The van der Waals surface area contributed by atoms with Gasteiger partial charge in [-0.2, -0.15) is 0 Å². The van der Waals surface area contributed by atoms with Crippen molar-refractivity contribution in [2.24, 2.45) is 11.5 Å². The molecular formula is C3H9N2NaO3S. The topological polar surface area (TPSA) is 109 Å². The fourth-order valence-electron chi connectivity index (χ4n) is 0.330. The van der Waals surface area contributed by atoms with Crippen LogP contribution in [-0.2, 0) is 10.1 Å². The zero-order valence-corrected chi connectivity index (χ0v) is 8.60. The zero-order chi connectivity index (χ0) is 7.49. The van der Waals surface area contributed by atoms with Crippen molar-refractivity contribution in [1.82, 2.24) is 0 Å². The van der Waals surface area contributed by atoms with Crippen LogP contribution in [0.15, 0.2) is 0 Å². The molecule has 1 unspecified atom stereocenters. The fraction of sp³-hybridized carbons (Fsp3) is 1.00. The molecule has 0 saturated heterocycles. The average molecular weight is 176 g/mol. The van der Waals surface area contributed by atoms with Crippen molar-refractivity contribution >= 4 is 10.1 Å². The van der Waals surface area contributed by atoms with Gasteiger partial charge in [0, 0.05) is 12.6 Å². The number of hydrogen-bond acceptors (Lipinski definition) is 5. The maximum absolute atomic E-state index is 9.91. The summed E-state index contributed by atoms with van der Waals surface area (Å²) in [6.07, 6.45) is 0. The number of nitrogens with two attached hydrogens (primary N) is 2. The minimum absolute atomic E-state index is 0. The Balaban J connectivity index is 0. The first-order chi connectivity index (χ1) is 3.95. The van der Waals surface area contributed by atoms with Crippen LogP contribution < -0.4 is 41.0 Å². The second kappa shape index (κ2) is 5.48. The van der Waals surface area contributed by atoms with E-state index in [2.05, 4.69) is 0 Å². The van der Waals surface area contributed by atoms with Gasteiger partial charge in [-0.25, -0.2) is 8.42 Å². The summed E-state index contributed by atoms with van der Waals surface area (Å²) in [4.78, 5) is 0. The molecule has 0 heterocycles. The predicted octanol–water partition coefficient (Wildman–Crippen LogP) is -5.18. The molecule has 0 aromatic carbocycles. The van der Waals surface area contributed by atoms with Crippen LogP contribution in [0.5, 0.6) is 0 Å². The summed E-state index contributed by atoms with van der Waals surface area (Å²) >= 11 is 0. The summed E-state index contributed by atoms with van der Waals surface area (Å²) in [5.74, 6) is -0.580. The van der Waals surface area contributed by atoms with Crippen LogP contribution in [0.3, 0.4) is 0 Å². The van der Waals surface area contributed by atoms with E-state index in [1.165, 1.54) is 0 Å². The van der Waals surface area contributed by atoms with Gasteiger partial charge in [0.25, 0.3) is 0 Å². The SMILES string of the molecule is NCC(N)CS(=O)(=O)[O-].[Na+]. The van der Waals surface area contributed by atoms with Gasteiger partial charge in [-0.3, -0.25) is 0 Å². The molecule has 0 aromatic rings. The Kier molecular flexibility index (Phi) is 7.35. The minimum atomic E-state index is -4.19. The quantitative estimate of drug-likeness (QED) is 0.330. The minimum Gasteiger partial charge on any atom is -0.748 e. The van der Waals surface area contributed by atoms with Crippen molar-refractivity contribution in [3.05, 3.63) is 0 Å². The molecule has 1 atom stereocenters. The van der Waals surface area contributed by atoms with Crippen molar-refractivity contribution in [2.45, 2.75) is 6.04 Å². The molecule has 7 heteroatoms. The van der Waals surface area contributed by atoms with Gasteiger partial charge in [-0.1, -0.05) is 0 Å². The Bertz CT molecular complexity index is 169. The van der Waals surface area contributed by atoms with E-state index in [-0.39, 0.29) is 36.1 Å². The summed E-state index contributed by atoms with van der Waals surface area (Å²) in [5, 5.41) is 0. The van der Waals surface area contributed by atoms with Gasteiger partial charge in [-0.15, -0.1) is 0 Å². The van der Waals surface area contributed by atoms with E-state index >= 15 is 0 Å². The fourth-order valence-corrected chi connectivity index (χ4v) is 0.991. The second-order valence-corrected chi connectivity index (χ2v) is 3.17. The molecule has 0 radical (unpaired) electrons. The molecule has 0 bridgehead atoms. The largest absolute Gasteiger partial charge is 1.00 e. The van der Waals surface area contributed by atoms with Gasteiger partial charge in [0.1, 0.15) is 0 Å². The van der Waals surface area contributed by atoms with Gasteiger partial charge in [0.05, 0.1) is 15.9 Å². The third kappa shape index (κ3) is 8.83. The standard InChI is InChI=1S/C3H10N2O3S.Na/c4-1-3(5)2-9(6,7)8;/h3H,1-2,4-5H2,(H,6,7,8);/q;+1/p-1. The van der Waals surface area contributed by atoms with Crippen LogP contribution in [0.4, 0.5) is 0 Å². The molecule has 0 aromatic heterocycles. The molecule has 56 valence electrons. The van der Waals surface area contributed by atoms with Crippen molar-refractivity contribution in [3.63, 3.8) is 0 Å². The Hall–Kier alpha value is 0.830. The van der Waals surface area contributed by atoms with Gasteiger partial charge >= 0.3 is 29.6 Å². The first kappa shape index (κ1) is 13.4. The number of hydrogen-bond donors (Lipinski definition) is 2. The second-order valence-electron chi connectivity index (χ2n) is 1.72. The van der Waals surface area contributed by atoms with E-state index in [0.717, 1.165) is 0 Å². The molecule has 0 saturated carbocycles. The maximum atomic E-state index is 9.91. The van der Waals surface area contributed by atoms with Crippen molar-refractivity contribution in [2.75, 3.05) is 12.3 Å². The van der Waals surface area contributed by atoms with Crippen LogP contribution >= 0.6 is 0 Å². The average Bonchev–Trinajstić information content (AvgIpc) is 1.62. The van der Waals surface area contributed by atoms with Crippen LogP contribution in [0.1, 0.15) is 0 Å². The van der Waals surface area contributed by atoms with Crippen LogP contribution in [-0.4, -0.2) is 31.3 Å². The van der Waals surface area contributed by atoms with E-state index in [4.69, 9.17) is 11.5 Å². The van der Waals surface area contributed by atoms with Gasteiger partial charge < -0.3 is 16.0 Å². The Labute approximate surface area is 82.2 Å². The van der Waals surface area contributed by atoms with Gasteiger partial charge in [-0.05, 0) is 0 Å². The first-order valence-electron chi connectivity index (χ1n) is 2.35. The normalized spacial score (nSPS) is 13.9. The van der Waals surface area contributed by atoms with Crippen LogP contribution in [0, 0.1) is 0 Å². The first-order valence-corrected chi connectivity index (χ1v) is 3.92. The summed E-state index contributed by atoms with van der Waals surface area (Å²) < 4.78 is 29.7. The molecule has 10 heavy (non-hydrogen) atoms. The molecule has 5 nitrogen and oxygen atoms in total. The van der Waals surface area contributed by atoms with Gasteiger partial charge in [0.15, 0.2) is 0 Å². The maximum Gasteiger partial charge on any atom is 1.00 e. The molecule has 4 N–H and O–H groups in total. The molecule has 0 spiro atoms. The molecule has 0 aliphatic rings. The van der Waals surface area contributed by atoms with E-state index in [9.17, 15) is 13.0 Å². The summed E-state index contributed by atoms with van der Waals surface area (Å²) in [6.45, 7) is 0.0153. The monoisotopic (exact) mass is 176 g/mol. The van der Waals surface area contributed by atoms with Crippen molar-refractivity contribution in [1.29, 1.82) is 0 Å². The summed E-state index contributed by atoms with van der Waals surface area (Å²) in [5.41, 5.74) is 10.0. The zero-order valence-electron chi connectivity index (χ0n) is 5.78. The molecule has 0 amide bonds. The molecule has 0 rings (SSSR count). The van der Waals surface area contributed by atoms with Crippen molar-refractivity contribution in [3.8, 4) is 0 Å². The predicted molar refractivity (Wildman–Crippen MR) is 31.6 cm³/mol. The Morgan fingerprint density at radius 3 is 2.00 bits per heavy atom. The molecule has 0 aliphatic heterocycles. The Morgan fingerprint density at radius 1 is 1.50 bits per heavy atom. The summed E-state index contributed by atoms with van der Waals surface area (Å²) in [6, 6.07) is -0.729. The Morgan fingerprint density at radius 2 is 1.90 bits per heavy atom.